The molecule has 0 bridgehead atoms. The van der Waals surface area contributed by atoms with Crippen LogP contribution in [0.3, 0.4) is 0 Å². The summed E-state index contributed by atoms with van der Waals surface area (Å²) in [5.74, 6) is 0.103. The van der Waals surface area contributed by atoms with Crippen molar-refractivity contribution >= 4 is 17.6 Å². The quantitative estimate of drug-likeness (QED) is 0.635. The number of halogens is 1. The maximum atomic E-state index is 12.2. The molecule has 2 unspecified atom stereocenters. The summed E-state index contributed by atoms with van der Waals surface area (Å²) in [5, 5.41) is 20.0. The summed E-state index contributed by atoms with van der Waals surface area (Å²) in [4.78, 5) is 14.5. The van der Waals surface area contributed by atoms with Crippen LogP contribution in [-0.4, -0.2) is 40.3 Å². The van der Waals surface area contributed by atoms with Gasteiger partial charge in [0.2, 0.25) is 0 Å². The fourth-order valence-corrected chi connectivity index (χ4v) is 4.33. The van der Waals surface area contributed by atoms with Gasteiger partial charge in [0.05, 0.1) is 17.0 Å². The van der Waals surface area contributed by atoms with E-state index in [1.807, 2.05) is 36.4 Å². The number of piperidine rings is 1. The number of carboxylic acids is 1. The zero-order valence-electron chi connectivity index (χ0n) is 16.7. The topological polar surface area (TPSA) is 70.0 Å². The summed E-state index contributed by atoms with van der Waals surface area (Å²) in [6, 6.07) is 14.9. The lowest BCUT2D eigenvalue weighted by molar-refractivity contribution is -0.155. The molecule has 5 nitrogen and oxygen atoms in total. The molecular weight excluding hydrogens is 390 g/mol. The van der Waals surface area contributed by atoms with Gasteiger partial charge >= 0.3 is 5.97 Å². The molecule has 1 heterocycles. The number of aliphatic carboxylic acids is 1. The Labute approximate surface area is 176 Å². The number of likely N-dealkylation sites (tertiary alicyclic amines) is 1. The predicted molar refractivity (Wildman–Crippen MR) is 113 cm³/mol. The van der Waals surface area contributed by atoms with E-state index < -0.39 is 11.4 Å². The summed E-state index contributed by atoms with van der Waals surface area (Å²) in [7, 11) is 0. The van der Waals surface area contributed by atoms with Gasteiger partial charge < -0.3 is 14.9 Å². The number of phenols is 1. The minimum absolute atomic E-state index is 0.0735. The Bertz CT molecular complexity index is 829. The number of phenolic OH excluding ortho intramolecular Hbond substituents is 1. The minimum Gasteiger partial charge on any atom is -0.506 e. The molecule has 0 spiro atoms. The first-order valence-corrected chi connectivity index (χ1v) is 10.4. The third kappa shape index (κ3) is 5.22. The molecule has 2 atom stereocenters. The Morgan fingerprint density at radius 3 is 2.69 bits per heavy atom. The summed E-state index contributed by atoms with van der Waals surface area (Å²) in [5.41, 5.74) is 0.250. The van der Waals surface area contributed by atoms with E-state index >= 15 is 0 Å². The Balaban J connectivity index is 1.65. The van der Waals surface area contributed by atoms with Gasteiger partial charge in [0.1, 0.15) is 11.5 Å². The van der Waals surface area contributed by atoms with E-state index in [9.17, 15) is 15.0 Å². The summed E-state index contributed by atoms with van der Waals surface area (Å²) < 4.78 is 5.78. The highest BCUT2D eigenvalue weighted by Gasteiger charge is 2.44. The number of carboxylic acid groups (broad SMARTS) is 1. The average Bonchev–Trinajstić information content (AvgIpc) is 2.72. The number of benzene rings is 2. The van der Waals surface area contributed by atoms with E-state index in [2.05, 4.69) is 11.8 Å². The van der Waals surface area contributed by atoms with Crippen LogP contribution in [0, 0.1) is 5.41 Å². The monoisotopic (exact) mass is 417 g/mol. The maximum absolute atomic E-state index is 12.2. The second kappa shape index (κ2) is 9.51. The van der Waals surface area contributed by atoms with Gasteiger partial charge in [-0.05, 0) is 62.1 Å². The standard InChI is InChI=1S/C23H28ClNO4/c1-2-18-15-23(22(27)28,11-13-29-19-6-4-3-5-7-19)10-12-25(18)16-17-8-9-21(26)20(24)14-17/h3-9,14,18,26H,2,10-13,15-16H2,1H3,(H,27,28). The van der Waals surface area contributed by atoms with Crippen LogP contribution in [-0.2, 0) is 11.3 Å². The molecule has 0 aliphatic carbocycles. The predicted octanol–water partition coefficient (Wildman–Crippen LogP) is 4.96. The van der Waals surface area contributed by atoms with Crippen LogP contribution >= 0.6 is 11.6 Å². The van der Waals surface area contributed by atoms with Gasteiger partial charge in [0.25, 0.3) is 0 Å². The van der Waals surface area contributed by atoms with Crippen molar-refractivity contribution < 1.29 is 19.7 Å². The van der Waals surface area contributed by atoms with Gasteiger partial charge in [-0.25, -0.2) is 0 Å². The van der Waals surface area contributed by atoms with E-state index in [1.54, 1.807) is 12.1 Å². The number of aromatic hydroxyl groups is 1. The summed E-state index contributed by atoms with van der Waals surface area (Å²) in [6.45, 7) is 3.88. The number of para-hydroxylation sites is 1. The van der Waals surface area contributed by atoms with Crippen molar-refractivity contribution in [3.8, 4) is 11.5 Å². The average molecular weight is 418 g/mol. The van der Waals surface area contributed by atoms with Crippen molar-refractivity contribution in [3.63, 3.8) is 0 Å². The summed E-state index contributed by atoms with van der Waals surface area (Å²) in [6.07, 6.45) is 2.55. The lowest BCUT2D eigenvalue weighted by Crippen LogP contribution is -2.50. The fraction of sp³-hybridized carbons (Fsp3) is 0.435. The maximum Gasteiger partial charge on any atom is 0.309 e. The molecule has 3 rings (SSSR count). The van der Waals surface area contributed by atoms with Gasteiger partial charge in [-0.3, -0.25) is 9.69 Å². The number of nitrogens with zero attached hydrogens (tertiary/aromatic N) is 1. The van der Waals surface area contributed by atoms with Crippen LogP contribution in [0.15, 0.2) is 48.5 Å². The molecule has 0 saturated carbocycles. The highest BCUT2D eigenvalue weighted by atomic mass is 35.5. The molecule has 2 aromatic carbocycles. The smallest absolute Gasteiger partial charge is 0.309 e. The van der Waals surface area contributed by atoms with Crippen molar-refractivity contribution in [2.75, 3.05) is 13.2 Å². The summed E-state index contributed by atoms with van der Waals surface area (Å²) >= 11 is 6.04. The van der Waals surface area contributed by atoms with Gasteiger partial charge in [-0.15, -0.1) is 0 Å². The SMILES string of the molecule is CCC1CC(CCOc2ccccc2)(C(=O)O)CCN1Cc1ccc(O)c(Cl)c1. The molecule has 1 saturated heterocycles. The number of carbonyl (C=O) groups is 1. The van der Waals surface area contributed by atoms with E-state index in [0.717, 1.165) is 17.7 Å². The van der Waals surface area contributed by atoms with E-state index in [0.29, 0.717) is 44.0 Å². The normalized spacial score (nSPS) is 22.3. The van der Waals surface area contributed by atoms with E-state index in [1.165, 1.54) is 0 Å². The van der Waals surface area contributed by atoms with Gasteiger partial charge in [0.15, 0.2) is 0 Å². The van der Waals surface area contributed by atoms with Crippen LogP contribution < -0.4 is 4.74 Å². The van der Waals surface area contributed by atoms with E-state index in [4.69, 9.17) is 16.3 Å². The van der Waals surface area contributed by atoms with Crippen molar-refractivity contribution in [2.24, 2.45) is 5.41 Å². The Morgan fingerprint density at radius 2 is 2.03 bits per heavy atom. The molecular formula is C23H28ClNO4. The van der Waals surface area contributed by atoms with Gasteiger partial charge in [0, 0.05) is 12.6 Å². The van der Waals surface area contributed by atoms with Crippen LogP contribution in [0.1, 0.15) is 38.2 Å². The molecule has 6 heteroatoms. The minimum atomic E-state index is -0.765. The molecule has 0 aromatic heterocycles. The molecule has 1 fully saturated rings. The molecule has 156 valence electrons. The van der Waals surface area contributed by atoms with Crippen LogP contribution in [0.4, 0.5) is 0 Å². The molecule has 2 aromatic rings. The molecule has 0 amide bonds. The molecule has 1 aliphatic heterocycles. The van der Waals surface area contributed by atoms with Crippen LogP contribution in [0.5, 0.6) is 11.5 Å². The second-order valence-electron chi connectivity index (χ2n) is 7.77. The molecule has 0 radical (unpaired) electrons. The highest BCUT2D eigenvalue weighted by Crippen LogP contribution is 2.40. The van der Waals surface area contributed by atoms with Crippen molar-refractivity contribution in [1.82, 2.24) is 4.90 Å². The van der Waals surface area contributed by atoms with E-state index in [-0.39, 0.29) is 11.8 Å². The number of hydrogen-bond donors (Lipinski definition) is 2. The first-order valence-electron chi connectivity index (χ1n) is 10.1. The first kappa shape index (κ1) is 21.5. The Kier molecular flexibility index (Phi) is 7.04. The Morgan fingerprint density at radius 1 is 1.28 bits per heavy atom. The third-order valence-electron chi connectivity index (χ3n) is 5.94. The molecule has 2 N–H and O–H groups in total. The molecule has 1 aliphatic rings. The highest BCUT2D eigenvalue weighted by molar-refractivity contribution is 6.32. The second-order valence-corrected chi connectivity index (χ2v) is 8.18. The Hall–Kier alpha value is -2.24. The lowest BCUT2D eigenvalue weighted by atomic mass is 9.72. The van der Waals surface area contributed by atoms with Crippen LogP contribution in [0.2, 0.25) is 5.02 Å². The van der Waals surface area contributed by atoms with Gasteiger partial charge in [-0.1, -0.05) is 42.8 Å². The number of hydrogen-bond acceptors (Lipinski definition) is 4. The van der Waals surface area contributed by atoms with Crippen molar-refractivity contribution in [2.45, 2.75) is 45.2 Å². The van der Waals surface area contributed by atoms with Crippen molar-refractivity contribution in [1.29, 1.82) is 0 Å². The first-order chi connectivity index (χ1) is 13.9. The van der Waals surface area contributed by atoms with Crippen LogP contribution in [0.25, 0.3) is 0 Å². The zero-order valence-corrected chi connectivity index (χ0v) is 17.4. The van der Waals surface area contributed by atoms with Gasteiger partial charge in [-0.2, -0.15) is 0 Å². The molecule has 29 heavy (non-hydrogen) atoms. The largest absolute Gasteiger partial charge is 0.506 e. The number of ether oxygens (including phenoxy) is 1. The zero-order chi connectivity index (χ0) is 20.9. The third-order valence-corrected chi connectivity index (χ3v) is 6.24. The fourth-order valence-electron chi connectivity index (χ4n) is 4.13. The lowest BCUT2D eigenvalue weighted by Gasteiger charge is -2.44. The number of rotatable bonds is 8. The van der Waals surface area contributed by atoms with Crippen molar-refractivity contribution in [3.05, 3.63) is 59.1 Å².